The van der Waals surface area contributed by atoms with Crippen LogP contribution >= 0.6 is 0 Å². The van der Waals surface area contributed by atoms with E-state index >= 15 is 0 Å². The van der Waals surface area contributed by atoms with E-state index in [9.17, 15) is 17.6 Å². The quantitative estimate of drug-likeness (QED) is 0.477. The number of aryl methyl sites for hydroxylation is 1. The summed E-state index contributed by atoms with van der Waals surface area (Å²) < 4.78 is 55.4. The van der Waals surface area contributed by atoms with E-state index < -0.39 is 17.6 Å². The lowest BCUT2D eigenvalue weighted by atomic mass is 9.95. The van der Waals surface area contributed by atoms with E-state index in [4.69, 9.17) is 10.7 Å². The number of anilines is 2. The van der Waals surface area contributed by atoms with Crippen molar-refractivity contribution < 1.29 is 17.6 Å². The van der Waals surface area contributed by atoms with Gasteiger partial charge in [0.15, 0.2) is 0 Å². The molecule has 1 saturated heterocycles. The molecule has 1 aromatic carbocycles. The van der Waals surface area contributed by atoms with Gasteiger partial charge in [0, 0.05) is 37.3 Å². The first-order valence-electron chi connectivity index (χ1n) is 11.1. The van der Waals surface area contributed by atoms with Crippen molar-refractivity contribution in [3.8, 4) is 11.3 Å². The van der Waals surface area contributed by atoms with Crippen LogP contribution in [0.2, 0.25) is 0 Å². The van der Waals surface area contributed by atoms with Crippen molar-refractivity contribution in [2.24, 2.45) is 0 Å². The lowest BCUT2D eigenvalue weighted by molar-refractivity contribution is -0.139. The van der Waals surface area contributed by atoms with Gasteiger partial charge in [-0.2, -0.15) is 13.2 Å². The third-order valence-electron chi connectivity index (χ3n) is 6.10. The molecule has 0 radical (unpaired) electrons. The van der Waals surface area contributed by atoms with Crippen molar-refractivity contribution in [3.05, 3.63) is 60.1 Å². The van der Waals surface area contributed by atoms with E-state index in [1.165, 1.54) is 12.4 Å². The summed E-state index contributed by atoms with van der Waals surface area (Å²) in [5, 5.41) is 0. The molecular formula is C24H26F4N6. The average molecular weight is 475 g/mol. The number of nitrogens with zero attached hydrogens (tertiary/aromatic N) is 5. The molecule has 34 heavy (non-hydrogen) atoms. The van der Waals surface area contributed by atoms with Gasteiger partial charge in [0.2, 0.25) is 0 Å². The number of benzene rings is 1. The molecule has 10 heteroatoms. The molecule has 0 unspecified atom stereocenters. The Balaban J connectivity index is 1.59. The Labute approximate surface area is 195 Å². The van der Waals surface area contributed by atoms with Crippen LogP contribution in [-0.2, 0) is 12.7 Å². The molecule has 0 saturated carbocycles. The topological polar surface area (TPSA) is 72.9 Å². The minimum absolute atomic E-state index is 0.130. The van der Waals surface area contributed by atoms with Gasteiger partial charge in [0.1, 0.15) is 29.6 Å². The zero-order valence-corrected chi connectivity index (χ0v) is 18.8. The summed E-state index contributed by atoms with van der Waals surface area (Å²) in [5.74, 6) is 0.791. The summed E-state index contributed by atoms with van der Waals surface area (Å²) in [4.78, 5) is 15.2. The predicted molar refractivity (Wildman–Crippen MR) is 124 cm³/mol. The average Bonchev–Trinajstić information content (AvgIpc) is 3.22. The number of rotatable bonds is 6. The van der Waals surface area contributed by atoms with Crippen molar-refractivity contribution >= 4 is 17.7 Å². The standard InChI is InChI=1S/C24H26F4N6/c1-3-9-34-13-20(16-5-6-19(25)18(12-16)24(26,27)28)32-22(34)15-7-10-33(11-8-15)23-17(4-2)21(29)30-14-31-23/h4-6,12-15H,2-3,7-11H2,1H3,(H2,29,30,31). The zero-order chi connectivity index (χ0) is 24.5. The molecule has 0 atom stereocenters. The van der Waals surface area contributed by atoms with Crippen LogP contribution < -0.4 is 10.6 Å². The van der Waals surface area contributed by atoms with Crippen molar-refractivity contribution in [1.82, 2.24) is 19.5 Å². The fourth-order valence-electron chi connectivity index (χ4n) is 4.41. The van der Waals surface area contributed by atoms with Crippen LogP contribution in [0.5, 0.6) is 0 Å². The number of aromatic nitrogens is 4. The smallest absolute Gasteiger partial charge is 0.383 e. The third kappa shape index (κ3) is 4.62. The Kier molecular flexibility index (Phi) is 6.58. The van der Waals surface area contributed by atoms with E-state index in [2.05, 4.69) is 21.4 Å². The number of nitrogens with two attached hydrogens (primary N) is 1. The van der Waals surface area contributed by atoms with E-state index in [1.54, 1.807) is 12.3 Å². The molecule has 1 aliphatic rings. The fourth-order valence-corrected chi connectivity index (χ4v) is 4.41. The van der Waals surface area contributed by atoms with Crippen LogP contribution in [0, 0.1) is 5.82 Å². The Hall–Kier alpha value is -3.43. The van der Waals surface area contributed by atoms with Gasteiger partial charge >= 0.3 is 6.18 Å². The van der Waals surface area contributed by atoms with E-state index in [0.29, 0.717) is 36.7 Å². The van der Waals surface area contributed by atoms with Gasteiger partial charge < -0.3 is 15.2 Å². The molecule has 0 amide bonds. The second-order valence-electron chi connectivity index (χ2n) is 8.33. The number of hydrogen-bond acceptors (Lipinski definition) is 5. The maximum absolute atomic E-state index is 13.8. The molecule has 3 aromatic rings. The van der Waals surface area contributed by atoms with Crippen LogP contribution in [0.1, 0.15) is 49.1 Å². The normalized spacial score (nSPS) is 15.0. The highest BCUT2D eigenvalue weighted by molar-refractivity contribution is 5.71. The summed E-state index contributed by atoms with van der Waals surface area (Å²) in [6.45, 7) is 7.96. The van der Waals surface area contributed by atoms with Gasteiger partial charge in [0.05, 0.1) is 16.8 Å². The highest BCUT2D eigenvalue weighted by Gasteiger charge is 2.34. The molecular weight excluding hydrogens is 448 g/mol. The molecule has 0 bridgehead atoms. The summed E-state index contributed by atoms with van der Waals surface area (Å²) in [5.41, 5.74) is 6.03. The van der Waals surface area contributed by atoms with Gasteiger partial charge in [-0.15, -0.1) is 0 Å². The number of nitrogen functional groups attached to an aromatic ring is 1. The minimum atomic E-state index is -4.77. The van der Waals surface area contributed by atoms with Gasteiger partial charge in [-0.25, -0.2) is 19.3 Å². The Bertz CT molecular complexity index is 1180. The van der Waals surface area contributed by atoms with Gasteiger partial charge in [-0.1, -0.05) is 19.6 Å². The Morgan fingerprint density at radius 1 is 1.21 bits per heavy atom. The molecule has 180 valence electrons. The summed E-state index contributed by atoms with van der Waals surface area (Å²) in [6, 6.07) is 3.02. The third-order valence-corrected chi connectivity index (χ3v) is 6.10. The van der Waals surface area contributed by atoms with Crippen molar-refractivity contribution in [2.45, 2.75) is 44.8 Å². The highest BCUT2D eigenvalue weighted by Crippen LogP contribution is 2.36. The molecule has 1 aliphatic heterocycles. The lowest BCUT2D eigenvalue weighted by Gasteiger charge is -2.33. The first kappa shape index (κ1) is 23.7. The number of alkyl halides is 3. The van der Waals surface area contributed by atoms with E-state index in [1.807, 2.05) is 11.5 Å². The minimum Gasteiger partial charge on any atom is -0.383 e. The molecule has 4 rings (SSSR count). The number of piperidine rings is 1. The maximum atomic E-state index is 13.8. The molecule has 1 fully saturated rings. The second-order valence-corrected chi connectivity index (χ2v) is 8.33. The molecule has 0 aliphatic carbocycles. The van der Waals surface area contributed by atoms with Crippen LogP contribution in [0.25, 0.3) is 17.3 Å². The summed E-state index contributed by atoms with van der Waals surface area (Å²) >= 11 is 0. The summed E-state index contributed by atoms with van der Waals surface area (Å²) in [7, 11) is 0. The number of imidazole rings is 1. The van der Waals surface area contributed by atoms with Crippen LogP contribution in [0.3, 0.4) is 0 Å². The van der Waals surface area contributed by atoms with E-state index in [-0.39, 0.29) is 11.5 Å². The fraction of sp³-hybridized carbons (Fsp3) is 0.375. The van der Waals surface area contributed by atoms with Crippen LogP contribution in [0.15, 0.2) is 37.3 Å². The Morgan fingerprint density at radius 3 is 2.59 bits per heavy atom. The van der Waals surface area contributed by atoms with Gasteiger partial charge in [0.25, 0.3) is 0 Å². The van der Waals surface area contributed by atoms with Gasteiger partial charge in [-0.05, 0) is 37.5 Å². The number of halogens is 4. The van der Waals surface area contributed by atoms with Crippen LogP contribution in [-0.4, -0.2) is 32.6 Å². The monoisotopic (exact) mass is 474 g/mol. The second kappa shape index (κ2) is 9.44. The summed E-state index contributed by atoms with van der Waals surface area (Å²) in [6.07, 6.45) is 2.50. The zero-order valence-electron chi connectivity index (χ0n) is 18.8. The molecule has 0 spiro atoms. The largest absolute Gasteiger partial charge is 0.419 e. The number of hydrogen-bond donors (Lipinski definition) is 1. The highest BCUT2D eigenvalue weighted by atomic mass is 19.4. The van der Waals surface area contributed by atoms with Gasteiger partial charge in [-0.3, -0.25) is 0 Å². The van der Waals surface area contributed by atoms with E-state index in [0.717, 1.165) is 43.0 Å². The lowest BCUT2D eigenvalue weighted by Crippen LogP contribution is -2.35. The molecule has 3 heterocycles. The predicted octanol–water partition coefficient (Wildman–Crippen LogP) is 5.52. The molecule has 2 N–H and O–H groups in total. The molecule has 6 nitrogen and oxygen atoms in total. The first-order chi connectivity index (χ1) is 16.2. The Morgan fingerprint density at radius 2 is 1.94 bits per heavy atom. The van der Waals surface area contributed by atoms with Crippen molar-refractivity contribution in [2.75, 3.05) is 23.7 Å². The van der Waals surface area contributed by atoms with Crippen molar-refractivity contribution in [3.63, 3.8) is 0 Å². The van der Waals surface area contributed by atoms with Crippen LogP contribution in [0.4, 0.5) is 29.2 Å². The molecule has 2 aromatic heterocycles. The maximum Gasteiger partial charge on any atom is 0.419 e. The van der Waals surface area contributed by atoms with Crippen molar-refractivity contribution in [1.29, 1.82) is 0 Å². The first-order valence-corrected chi connectivity index (χ1v) is 11.1. The SMILES string of the molecule is C=Cc1c(N)ncnc1N1CCC(c2nc(-c3ccc(F)c(C(F)(F)F)c3)cn2CCC)CC1.